The van der Waals surface area contributed by atoms with Crippen LogP contribution in [0, 0.1) is 0 Å². The number of rotatable bonds is 5. The lowest BCUT2D eigenvalue weighted by Crippen LogP contribution is -2.36. The van der Waals surface area contributed by atoms with Crippen LogP contribution in [0.4, 0.5) is 0 Å². The number of sulfone groups is 1. The smallest absolute Gasteiger partial charge is 0.191 e. The van der Waals surface area contributed by atoms with Gasteiger partial charge in [-0.2, -0.15) is 0 Å². The Bertz CT molecular complexity index is 727. The second-order valence-electron chi connectivity index (χ2n) is 4.77. The molecule has 0 aliphatic carbocycles. The van der Waals surface area contributed by atoms with Crippen LogP contribution in [0.25, 0.3) is 0 Å². The molecular weight excluding hydrogens is 445 g/mol. The molecule has 23 heavy (non-hydrogen) atoms. The van der Waals surface area contributed by atoms with Crippen molar-refractivity contribution in [3.05, 3.63) is 52.2 Å². The number of halogens is 1. The summed E-state index contributed by atoms with van der Waals surface area (Å²) in [6.07, 6.45) is 1.20. The molecule has 126 valence electrons. The van der Waals surface area contributed by atoms with E-state index in [9.17, 15) is 8.42 Å². The number of nitrogens with one attached hydrogen (secondary N) is 2. The first-order valence-electron chi connectivity index (χ1n) is 6.75. The molecule has 0 fully saturated rings. The van der Waals surface area contributed by atoms with Gasteiger partial charge in [0.05, 0.1) is 11.4 Å². The zero-order valence-corrected chi connectivity index (χ0v) is 16.9. The van der Waals surface area contributed by atoms with E-state index in [1.165, 1.54) is 11.1 Å². The Hall–Kier alpha value is -1.13. The van der Waals surface area contributed by atoms with Crippen LogP contribution in [0.1, 0.15) is 10.4 Å². The predicted octanol–water partition coefficient (Wildman–Crippen LogP) is 2.63. The van der Waals surface area contributed by atoms with Gasteiger partial charge in [0.1, 0.15) is 0 Å². The molecule has 0 saturated heterocycles. The van der Waals surface area contributed by atoms with Crippen LogP contribution in [0.2, 0.25) is 0 Å². The van der Waals surface area contributed by atoms with Crippen molar-refractivity contribution in [2.45, 2.75) is 18.0 Å². The van der Waals surface area contributed by atoms with E-state index < -0.39 is 9.84 Å². The number of hydrogen-bond donors (Lipinski definition) is 2. The van der Waals surface area contributed by atoms with E-state index in [1.54, 1.807) is 42.6 Å². The van der Waals surface area contributed by atoms with Gasteiger partial charge < -0.3 is 10.6 Å². The molecule has 2 N–H and O–H groups in total. The lowest BCUT2D eigenvalue weighted by Gasteiger charge is -2.11. The molecule has 0 saturated carbocycles. The van der Waals surface area contributed by atoms with E-state index in [0.717, 1.165) is 12.1 Å². The summed E-state index contributed by atoms with van der Waals surface area (Å²) in [5.74, 6) is 0.709. The number of guanidine groups is 1. The summed E-state index contributed by atoms with van der Waals surface area (Å²) >= 11 is 1.69. The molecule has 1 aromatic carbocycles. The van der Waals surface area contributed by atoms with E-state index in [1.807, 2.05) is 11.4 Å². The van der Waals surface area contributed by atoms with Gasteiger partial charge in [-0.05, 0) is 29.1 Å². The minimum absolute atomic E-state index is 0. The van der Waals surface area contributed by atoms with Crippen LogP contribution < -0.4 is 10.6 Å². The molecule has 0 aliphatic heterocycles. The minimum Gasteiger partial charge on any atom is -0.352 e. The highest BCUT2D eigenvalue weighted by atomic mass is 127. The van der Waals surface area contributed by atoms with Crippen LogP contribution in [0.15, 0.2) is 51.7 Å². The highest BCUT2D eigenvalue weighted by Crippen LogP contribution is 2.10. The van der Waals surface area contributed by atoms with Crippen LogP contribution >= 0.6 is 35.3 Å². The van der Waals surface area contributed by atoms with Gasteiger partial charge in [-0.15, -0.1) is 35.3 Å². The third kappa shape index (κ3) is 6.48. The lowest BCUT2D eigenvalue weighted by molar-refractivity contribution is 0.602. The number of aliphatic imine (C=N–C) groups is 1. The molecule has 0 amide bonds. The molecule has 1 aromatic heterocycles. The van der Waals surface area contributed by atoms with Crippen molar-refractivity contribution in [2.24, 2.45) is 4.99 Å². The quantitative estimate of drug-likeness (QED) is 0.405. The minimum atomic E-state index is -3.14. The first kappa shape index (κ1) is 19.9. The van der Waals surface area contributed by atoms with Crippen molar-refractivity contribution >= 4 is 51.1 Å². The molecule has 2 aromatic rings. The van der Waals surface area contributed by atoms with E-state index in [4.69, 9.17) is 0 Å². The zero-order valence-electron chi connectivity index (χ0n) is 12.9. The molecule has 0 aliphatic rings. The Morgan fingerprint density at radius 2 is 1.78 bits per heavy atom. The fourth-order valence-electron chi connectivity index (χ4n) is 1.84. The van der Waals surface area contributed by atoms with Gasteiger partial charge >= 0.3 is 0 Å². The molecule has 0 spiro atoms. The monoisotopic (exact) mass is 465 g/mol. The summed E-state index contributed by atoms with van der Waals surface area (Å²) in [5.41, 5.74) is 0.992. The summed E-state index contributed by atoms with van der Waals surface area (Å²) < 4.78 is 22.8. The first-order valence-corrected chi connectivity index (χ1v) is 9.52. The third-order valence-corrected chi connectivity index (χ3v) is 5.05. The van der Waals surface area contributed by atoms with Gasteiger partial charge in [0.15, 0.2) is 15.8 Å². The van der Waals surface area contributed by atoms with Gasteiger partial charge in [-0.1, -0.05) is 18.2 Å². The van der Waals surface area contributed by atoms with Gasteiger partial charge in [-0.3, -0.25) is 4.99 Å². The average Bonchev–Trinajstić information content (AvgIpc) is 3.00. The maximum atomic E-state index is 11.4. The summed E-state index contributed by atoms with van der Waals surface area (Å²) in [4.78, 5) is 5.73. The third-order valence-electron chi connectivity index (χ3n) is 3.05. The Balaban J connectivity index is 0.00000264. The highest BCUT2D eigenvalue weighted by Gasteiger charge is 2.06. The van der Waals surface area contributed by atoms with Crippen molar-refractivity contribution < 1.29 is 8.42 Å². The molecular formula is C15H20IN3O2S2. The number of hydrogen-bond acceptors (Lipinski definition) is 4. The Morgan fingerprint density at radius 1 is 1.13 bits per heavy atom. The maximum absolute atomic E-state index is 11.4. The summed E-state index contributed by atoms with van der Waals surface area (Å²) in [6, 6.07) is 10.9. The van der Waals surface area contributed by atoms with Crippen LogP contribution in [0.5, 0.6) is 0 Å². The summed E-state index contributed by atoms with van der Waals surface area (Å²) in [6.45, 7) is 1.30. The standard InChI is InChI=1S/C15H19N3O2S2.HI/c1-16-15(18-11-13-4-3-9-21-13)17-10-12-5-7-14(8-6-12)22(2,19)20;/h3-9H,10-11H2,1-2H3,(H2,16,17,18);1H. The Kier molecular flexibility index (Phi) is 8.00. The van der Waals surface area contributed by atoms with Crippen molar-refractivity contribution in [2.75, 3.05) is 13.3 Å². The normalized spacial score (nSPS) is 11.7. The number of nitrogens with zero attached hydrogens (tertiary/aromatic N) is 1. The second-order valence-corrected chi connectivity index (χ2v) is 7.82. The van der Waals surface area contributed by atoms with E-state index in [2.05, 4.69) is 21.7 Å². The topological polar surface area (TPSA) is 70.6 Å². The van der Waals surface area contributed by atoms with E-state index in [-0.39, 0.29) is 24.0 Å². The first-order chi connectivity index (χ1) is 10.5. The number of benzene rings is 1. The van der Waals surface area contributed by atoms with Crippen LogP contribution in [0.3, 0.4) is 0 Å². The van der Waals surface area contributed by atoms with E-state index in [0.29, 0.717) is 17.4 Å². The van der Waals surface area contributed by atoms with Gasteiger partial charge in [0, 0.05) is 24.7 Å². The predicted molar refractivity (Wildman–Crippen MR) is 106 cm³/mol. The second kappa shape index (κ2) is 9.24. The van der Waals surface area contributed by atoms with Crippen molar-refractivity contribution in [1.82, 2.24) is 10.6 Å². The van der Waals surface area contributed by atoms with Crippen molar-refractivity contribution in [3.63, 3.8) is 0 Å². The number of thiophene rings is 1. The molecule has 0 radical (unpaired) electrons. The molecule has 1 heterocycles. The molecule has 0 atom stereocenters. The molecule has 0 bridgehead atoms. The van der Waals surface area contributed by atoms with E-state index >= 15 is 0 Å². The lowest BCUT2D eigenvalue weighted by atomic mass is 10.2. The largest absolute Gasteiger partial charge is 0.352 e. The Labute approximate surface area is 158 Å². The molecule has 8 heteroatoms. The highest BCUT2D eigenvalue weighted by molar-refractivity contribution is 14.0. The molecule has 2 rings (SSSR count). The summed E-state index contributed by atoms with van der Waals surface area (Å²) in [5, 5.41) is 8.47. The Morgan fingerprint density at radius 3 is 2.30 bits per heavy atom. The van der Waals surface area contributed by atoms with Crippen LogP contribution in [-0.2, 0) is 22.9 Å². The van der Waals surface area contributed by atoms with Crippen molar-refractivity contribution in [1.29, 1.82) is 0 Å². The fourth-order valence-corrected chi connectivity index (χ4v) is 3.12. The van der Waals surface area contributed by atoms with Gasteiger partial charge in [-0.25, -0.2) is 8.42 Å². The van der Waals surface area contributed by atoms with Gasteiger partial charge in [0.2, 0.25) is 0 Å². The van der Waals surface area contributed by atoms with Gasteiger partial charge in [0.25, 0.3) is 0 Å². The SMILES string of the molecule is CN=C(NCc1ccc(S(C)(=O)=O)cc1)NCc1cccs1.I. The summed E-state index contributed by atoms with van der Waals surface area (Å²) in [7, 11) is -1.43. The molecule has 5 nitrogen and oxygen atoms in total. The molecule has 0 unspecified atom stereocenters. The van der Waals surface area contributed by atoms with Crippen LogP contribution in [-0.4, -0.2) is 27.7 Å². The zero-order chi connectivity index (χ0) is 16.0. The van der Waals surface area contributed by atoms with Crippen molar-refractivity contribution in [3.8, 4) is 0 Å². The fraction of sp³-hybridized carbons (Fsp3) is 0.267. The average molecular weight is 465 g/mol. The maximum Gasteiger partial charge on any atom is 0.191 e.